The van der Waals surface area contributed by atoms with Gasteiger partial charge in [-0.3, -0.25) is 23.4 Å². The van der Waals surface area contributed by atoms with E-state index in [1.54, 1.807) is 18.2 Å². The summed E-state index contributed by atoms with van der Waals surface area (Å²) in [7, 11) is -0.980. The minimum Gasteiger partial charge on any atom is -0.404 e. The summed E-state index contributed by atoms with van der Waals surface area (Å²) in [6.45, 7) is -0.126. The number of para-hydroxylation sites is 1. The highest BCUT2D eigenvalue weighted by atomic mass is 31.2. The second-order valence-corrected chi connectivity index (χ2v) is 9.71. The quantitative estimate of drug-likeness (QED) is 0.314. The lowest BCUT2D eigenvalue weighted by Gasteiger charge is -2.41. The Hall–Kier alpha value is -2.15. The molecule has 0 aliphatic carbocycles. The van der Waals surface area contributed by atoms with Crippen molar-refractivity contribution >= 4 is 31.4 Å². The summed E-state index contributed by atoms with van der Waals surface area (Å²) < 4.78 is 51.4. The third-order valence-electron chi connectivity index (χ3n) is 5.61. The van der Waals surface area contributed by atoms with Crippen molar-refractivity contribution in [1.82, 2.24) is 9.55 Å². The van der Waals surface area contributed by atoms with Gasteiger partial charge in [0.2, 0.25) is 0 Å². The fourth-order valence-corrected chi connectivity index (χ4v) is 5.29. The third kappa shape index (κ3) is 3.49. The molecule has 3 N–H and O–H groups in total. The van der Waals surface area contributed by atoms with E-state index in [1.807, 2.05) is 4.98 Å². The van der Waals surface area contributed by atoms with Crippen molar-refractivity contribution < 1.29 is 37.5 Å². The first-order valence-electron chi connectivity index (χ1n) is 9.62. The third-order valence-corrected chi connectivity index (χ3v) is 7.15. The predicted octanol–water partition coefficient (Wildman–Crippen LogP) is -3.15. The molecule has 3 heterocycles. The summed E-state index contributed by atoms with van der Waals surface area (Å²) in [6.07, 6.45) is -3.23. The summed E-state index contributed by atoms with van der Waals surface area (Å²) in [5.41, 5.74) is -3.26. The molecule has 1 fully saturated rings. The van der Waals surface area contributed by atoms with Gasteiger partial charge in [-0.15, -0.1) is 0 Å². The van der Waals surface area contributed by atoms with Crippen LogP contribution in [-0.2, 0) is 30.6 Å². The molecule has 1 aromatic heterocycles. The standard InChI is InChI=1S/C16H19B3FN2O9P/c17-15(22-6-5-10(23)21-13(22)26)12(25)11(24)14(20,30-15)16(18,19)31-32(27)28-7-8-3-1-2-4-9(8)29-32/h1-6,11-12,24-25H,7,17-19H2,(H,21,23,26)/t11-,12+,14-,15-,32?/m0/s1. The Morgan fingerprint density at radius 3 is 2.62 bits per heavy atom. The van der Waals surface area contributed by atoms with Gasteiger partial charge in [0.1, 0.15) is 39.3 Å². The van der Waals surface area contributed by atoms with E-state index in [1.165, 1.54) is 6.07 Å². The number of aliphatic hydroxyl groups is 2. The number of hydrogen-bond donors (Lipinski definition) is 3. The molecular formula is C16H19B3FN2O9P. The zero-order valence-electron chi connectivity index (χ0n) is 17.4. The number of alkyl halides is 1. The van der Waals surface area contributed by atoms with Gasteiger partial charge in [0.25, 0.3) is 11.4 Å². The molecule has 2 aliphatic rings. The summed E-state index contributed by atoms with van der Waals surface area (Å²) in [6, 6.07) is 7.57. The number of phosphoric ester groups is 1. The lowest BCUT2D eigenvalue weighted by molar-refractivity contribution is -0.240. The Labute approximate surface area is 183 Å². The first-order valence-corrected chi connectivity index (χ1v) is 11.1. The zero-order valence-corrected chi connectivity index (χ0v) is 18.2. The SMILES string of the molecule is BC(B)(OP1(=O)OCc2ccccc2O1)[C@@]1(F)O[C@@](B)(n2ccc(=O)[nH]c2=O)[C@H](O)[C@@H]1O. The van der Waals surface area contributed by atoms with Crippen LogP contribution < -0.4 is 15.8 Å². The summed E-state index contributed by atoms with van der Waals surface area (Å²) in [4.78, 5) is 25.6. The van der Waals surface area contributed by atoms with Crippen molar-refractivity contribution in [2.75, 3.05) is 0 Å². The second-order valence-electron chi connectivity index (χ2n) is 8.19. The van der Waals surface area contributed by atoms with Crippen LogP contribution in [0.25, 0.3) is 0 Å². The van der Waals surface area contributed by atoms with Gasteiger partial charge in [-0.2, -0.15) is 0 Å². The molecule has 4 rings (SSSR count). The molecule has 1 unspecified atom stereocenters. The van der Waals surface area contributed by atoms with E-state index in [9.17, 15) is 24.4 Å². The van der Waals surface area contributed by atoms with E-state index >= 15 is 4.39 Å². The molecule has 5 atom stereocenters. The minimum absolute atomic E-state index is 0.126. The smallest absolute Gasteiger partial charge is 0.404 e. The molecule has 1 saturated heterocycles. The molecule has 0 bridgehead atoms. The van der Waals surface area contributed by atoms with Gasteiger partial charge in [-0.1, -0.05) is 18.2 Å². The topological polar surface area (TPSA) is 149 Å². The molecule has 168 valence electrons. The number of H-pyrrole nitrogens is 1. The number of halogens is 1. The summed E-state index contributed by atoms with van der Waals surface area (Å²) >= 11 is 0. The highest BCUT2D eigenvalue weighted by Crippen LogP contribution is 2.59. The first-order chi connectivity index (χ1) is 14.8. The average molecular weight is 466 g/mol. The summed E-state index contributed by atoms with van der Waals surface area (Å²) in [5.74, 6) is -2.96. The van der Waals surface area contributed by atoms with Gasteiger partial charge in [-0.25, -0.2) is 13.8 Å². The van der Waals surface area contributed by atoms with Gasteiger partial charge in [0.05, 0.1) is 12.0 Å². The number of aromatic nitrogens is 2. The molecule has 32 heavy (non-hydrogen) atoms. The van der Waals surface area contributed by atoms with E-state index in [-0.39, 0.29) is 12.4 Å². The first kappa shape index (κ1) is 23.0. The fraction of sp³-hybridized carbons (Fsp3) is 0.375. The molecule has 0 saturated carbocycles. The number of aromatic amines is 1. The second kappa shape index (κ2) is 7.44. The maximum atomic E-state index is 16.2. The van der Waals surface area contributed by atoms with Crippen molar-refractivity contribution in [2.45, 2.75) is 35.7 Å². The molecule has 0 radical (unpaired) electrons. The number of ether oxygens (including phenoxy) is 1. The van der Waals surface area contributed by atoms with Gasteiger partial charge in [0, 0.05) is 17.8 Å². The highest BCUT2D eigenvalue weighted by molar-refractivity contribution is 7.49. The number of hydrogen-bond acceptors (Lipinski definition) is 9. The number of nitrogens with one attached hydrogen (secondary N) is 1. The predicted molar refractivity (Wildman–Crippen MR) is 115 cm³/mol. The van der Waals surface area contributed by atoms with Crippen LogP contribution in [0.4, 0.5) is 4.39 Å². The Bertz CT molecular complexity index is 1230. The maximum absolute atomic E-state index is 16.2. The normalized spacial score (nSPS) is 34.6. The minimum atomic E-state index is -4.37. The summed E-state index contributed by atoms with van der Waals surface area (Å²) in [5, 5.41) is 19.0. The van der Waals surface area contributed by atoms with Crippen LogP contribution in [0.5, 0.6) is 5.75 Å². The maximum Gasteiger partial charge on any atom is 0.529 e. The van der Waals surface area contributed by atoms with Crippen molar-refractivity contribution in [3.63, 3.8) is 0 Å². The molecule has 0 spiro atoms. The molecule has 2 aromatic rings. The van der Waals surface area contributed by atoms with Crippen LogP contribution in [0, 0.1) is 0 Å². The van der Waals surface area contributed by atoms with Crippen molar-refractivity contribution in [3.05, 3.63) is 62.9 Å². The van der Waals surface area contributed by atoms with E-state index in [4.69, 9.17) is 18.3 Å². The number of rotatable bonds is 4. The zero-order chi connectivity index (χ0) is 23.5. The van der Waals surface area contributed by atoms with E-state index in [0.29, 0.717) is 5.56 Å². The van der Waals surface area contributed by atoms with Crippen LogP contribution >= 0.6 is 7.82 Å². The number of aliphatic hydroxyl groups excluding tert-OH is 2. The van der Waals surface area contributed by atoms with Crippen molar-refractivity contribution in [3.8, 4) is 5.75 Å². The van der Waals surface area contributed by atoms with E-state index < -0.39 is 48.2 Å². The fourth-order valence-electron chi connectivity index (χ4n) is 3.75. The van der Waals surface area contributed by atoms with Crippen LogP contribution in [0.2, 0.25) is 0 Å². The number of fused-ring (bicyclic) bond motifs is 1. The number of nitrogens with zero attached hydrogens (tertiary/aromatic N) is 1. The Morgan fingerprint density at radius 1 is 1.25 bits per heavy atom. The van der Waals surface area contributed by atoms with Crippen molar-refractivity contribution in [2.24, 2.45) is 0 Å². The molecule has 0 amide bonds. The van der Waals surface area contributed by atoms with Crippen LogP contribution in [-0.4, -0.2) is 66.8 Å². The molecule has 16 heteroatoms. The monoisotopic (exact) mass is 466 g/mol. The largest absolute Gasteiger partial charge is 0.529 e. The number of phosphoric acid groups is 1. The van der Waals surface area contributed by atoms with Gasteiger partial charge in [0.15, 0.2) is 7.85 Å². The van der Waals surface area contributed by atoms with Gasteiger partial charge >= 0.3 is 13.5 Å². The average Bonchev–Trinajstić information content (AvgIpc) is 2.89. The molecular weight excluding hydrogens is 447 g/mol. The van der Waals surface area contributed by atoms with Crippen LogP contribution in [0.1, 0.15) is 5.56 Å². The Morgan fingerprint density at radius 2 is 1.94 bits per heavy atom. The lowest BCUT2D eigenvalue weighted by Crippen LogP contribution is -2.60. The molecule has 2 aliphatic heterocycles. The molecule has 11 nitrogen and oxygen atoms in total. The Kier molecular flexibility index (Phi) is 5.35. The van der Waals surface area contributed by atoms with E-state index in [0.717, 1.165) is 40.4 Å². The highest BCUT2D eigenvalue weighted by Gasteiger charge is 2.69. The molecule has 1 aromatic carbocycles. The number of benzene rings is 1. The van der Waals surface area contributed by atoms with Crippen LogP contribution in [0.15, 0.2) is 46.1 Å². The van der Waals surface area contributed by atoms with Crippen molar-refractivity contribution in [1.29, 1.82) is 0 Å². The van der Waals surface area contributed by atoms with Gasteiger partial charge < -0.3 is 19.5 Å². The lowest BCUT2D eigenvalue weighted by atomic mass is 9.59. The van der Waals surface area contributed by atoms with E-state index in [2.05, 4.69) is 0 Å². The van der Waals surface area contributed by atoms with Gasteiger partial charge in [-0.05, 0) is 6.07 Å². The Balaban J connectivity index is 1.67. The van der Waals surface area contributed by atoms with Crippen LogP contribution in [0.3, 0.4) is 0 Å².